The van der Waals surface area contributed by atoms with Crippen molar-refractivity contribution in [1.29, 1.82) is 0 Å². The molecule has 1 aromatic rings. The van der Waals surface area contributed by atoms with Crippen molar-refractivity contribution in [3.8, 4) is 0 Å². The van der Waals surface area contributed by atoms with E-state index >= 15 is 0 Å². The van der Waals surface area contributed by atoms with Crippen LogP contribution in [0.3, 0.4) is 0 Å². The summed E-state index contributed by atoms with van der Waals surface area (Å²) in [5.74, 6) is -0.260. The number of nitrogens with zero attached hydrogens (tertiary/aromatic N) is 1. The number of urea groups is 1. The van der Waals surface area contributed by atoms with Gasteiger partial charge in [-0.3, -0.25) is 9.59 Å². The highest BCUT2D eigenvalue weighted by Crippen LogP contribution is 2.28. The lowest BCUT2D eigenvalue weighted by Gasteiger charge is -2.33. The summed E-state index contributed by atoms with van der Waals surface area (Å²) < 4.78 is 0. The lowest BCUT2D eigenvalue weighted by Crippen LogP contribution is -2.48. The Morgan fingerprint density at radius 2 is 2.09 bits per heavy atom. The zero-order valence-electron chi connectivity index (χ0n) is 13.0. The van der Waals surface area contributed by atoms with Crippen LogP contribution in [0.2, 0.25) is 0 Å². The van der Waals surface area contributed by atoms with E-state index in [1.165, 1.54) is 11.0 Å². The molecule has 1 aromatic heterocycles. The molecule has 1 fully saturated rings. The Morgan fingerprint density at radius 3 is 2.87 bits per heavy atom. The Labute approximate surface area is 134 Å². The van der Waals surface area contributed by atoms with E-state index < -0.39 is 6.03 Å². The topological polar surface area (TPSA) is 108 Å². The minimum atomic E-state index is -0.469. The summed E-state index contributed by atoms with van der Waals surface area (Å²) in [6, 6.07) is 2.75. The van der Waals surface area contributed by atoms with Crippen LogP contribution in [0.4, 0.5) is 4.79 Å². The highest BCUT2D eigenvalue weighted by Gasteiger charge is 2.30. The fourth-order valence-corrected chi connectivity index (χ4v) is 3.53. The second-order valence-corrected chi connectivity index (χ2v) is 6.33. The molecule has 0 spiro atoms. The van der Waals surface area contributed by atoms with Gasteiger partial charge in [-0.15, -0.1) is 0 Å². The standard InChI is InChI=1S/C16H22N4O3/c17-16(23)20-8-2-3-10(9-20)15(22)19-13-5-1-4-12-11(13)6-7-14(21)18-12/h6-7,10,13H,1-5,8-9H2,(H2,17,23)(H,18,21)(H,19,22). The number of nitrogens with one attached hydrogen (secondary N) is 2. The summed E-state index contributed by atoms with van der Waals surface area (Å²) in [6.45, 7) is 0.999. The van der Waals surface area contributed by atoms with E-state index in [1.54, 1.807) is 6.07 Å². The first-order valence-corrected chi connectivity index (χ1v) is 8.11. The molecule has 124 valence electrons. The molecule has 1 aliphatic carbocycles. The maximum absolute atomic E-state index is 12.5. The molecule has 0 radical (unpaired) electrons. The maximum Gasteiger partial charge on any atom is 0.314 e. The number of fused-ring (bicyclic) bond motifs is 1. The zero-order chi connectivity index (χ0) is 16.4. The first-order valence-electron chi connectivity index (χ1n) is 8.11. The number of carbonyl (C=O) groups is 2. The van der Waals surface area contributed by atoms with Gasteiger partial charge in [-0.25, -0.2) is 4.79 Å². The molecule has 0 aromatic carbocycles. The van der Waals surface area contributed by atoms with Gasteiger partial charge in [-0.1, -0.05) is 0 Å². The number of pyridine rings is 1. The summed E-state index contributed by atoms with van der Waals surface area (Å²) >= 11 is 0. The molecule has 1 saturated heterocycles. The fraction of sp³-hybridized carbons (Fsp3) is 0.562. The first-order chi connectivity index (χ1) is 11.0. The van der Waals surface area contributed by atoms with E-state index in [1.807, 2.05) is 0 Å². The molecular formula is C16H22N4O3. The number of aryl methyl sites for hydroxylation is 1. The van der Waals surface area contributed by atoms with Gasteiger partial charge in [0.2, 0.25) is 11.5 Å². The Balaban J connectivity index is 1.69. The van der Waals surface area contributed by atoms with Gasteiger partial charge < -0.3 is 20.9 Å². The predicted octanol–water partition coefficient (Wildman–Crippen LogP) is 0.659. The normalized spacial score (nSPS) is 23.9. The molecule has 4 N–H and O–H groups in total. The summed E-state index contributed by atoms with van der Waals surface area (Å²) in [5, 5.41) is 3.08. The van der Waals surface area contributed by atoms with Crippen LogP contribution in [0.25, 0.3) is 0 Å². The second-order valence-electron chi connectivity index (χ2n) is 6.33. The number of aromatic nitrogens is 1. The van der Waals surface area contributed by atoms with Crippen LogP contribution in [-0.4, -0.2) is 34.9 Å². The number of H-pyrrole nitrogens is 1. The van der Waals surface area contributed by atoms with Gasteiger partial charge in [0.25, 0.3) is 0 Å². The van der Waals surface area contributed by atoms with Gasteiger partial charge in [0.15, 0.2) is 0 Å². The van der Waals surface area contributed by atoms with Crippen LogP contribution in [0.5, 0.6) is 0 Å². The molecule has 3 amide bonds. The third-order valence-corrected chi connectivity index (χ3v) is 4.75. The number of amides is 3. The Morgan fingerprint density at radius 1 is 1.26 bits per heavy atom. The third-order valence-electron chi connectivity index (χ3n) is 4.75. The Hall–Kier alpha value is -2.31. The molecule has 0 bridgehead atoms. The van der Waals surface area contributed by atoms with E-state index in [-0.39, 0.29) is 23.4 Å². The predicted molar refractivity (Wildman–Crippen MR) is 84.8 cm³/mol. The number of aromatic amines is 1. The summed E-state index contributed by atoms with van der Waals surface area (Å²) in [6.07, 6.45) is 4.17. The van der Waals surface area contributed by atoms with Gasteiger partial charge in [-0.2, -0.15) is 0 Å². The number of hydrogen-bond acceptors (Lipinski definition) is 3. The molecule has 23 heavy (non-hydrogen) atoms. The van der Waals surface area contributed by atoms with Gasteiger partial charge in [-0.05, 0) is 43.7 Å². The minimum Gasteiger partial charge on any atom is -0.351 e. The maximum atomic E-state index is 12.5. The fourth-order valence-electron chi connectivity index (χ4n) is 3.53. The summed E-state index contributed by atoms with van der Waals surface area (Å²) in [4.78, 5) is 39.6. The van der Waals surface area contributed by atoms with E-state index in [4.69, 9.17) is 5.73 Å². The van der Waals surface area contributed by atoms with Crippen LogP contribution in [-0.2, 0) is 11.2 Å². The molecule has 3 rings (SSSR count). The van der Waals surface area contributed by atoms with E-state index in [0.29, 0.717) is 13.1 Å². The van der Waals surface area contributed by atoms with Crippen molar-refractivity contribution in [2.45, 2.75) is 38.1 Å². The molecule has 0 saturated carbocycles. The smallest absolute Gasteiger partial charge is 0.314 e. The van der Waals surface area contributed by atoms with Crippen LogP contribution < -0.4 is 16.6 Å². The summed E-state index contributed by atoms with van der Waals surface area (Å²) in [7, 11) is 0. The monoisotopic (exact) mass is 318 g/mol. The lowest BCUT2D eigenvalue weighted by atomic mass is 9.90. The van der Waals surface area contributed by atoms with Gasteiger partial charge >= 0.3 is 6.03 Å². The average Bonchev–Trinajstić information content (AvgIpc) is 2.54. The number of rotatable bonds is 2. The van der Waals surface area contributed by atoms with Gasteiger partial charge in [0, 0.05) is 24.8 Å². The largest absolute Gasteiger partial charge is 0.351 e. The Kier molecular flexibility index (Phi) is 4.36. The number of carbonyl (C=O) groups excluding carboxylic acids is 2. The molecule has 2 atom stereocenters. The Bertz CT molecular complexity index is 670. The number of piperidine rings is 1. The van der Waals surface area contributed by atoms with Crippen molar-refractivity contribution >= 4 is 11.9 Å². The van der Waals surface area contributed by atoms with Crippen LogP contribution in [0.1, 0.15) is 43.0 Å². The van der Waals surface area contributed by atoms with Crippen molar-refractivity contribution in [3.63, 3.8) is 0 Å². The number of likely N-dealkylation sites (tertiary alicyclic amines) is 1. The highest BCUT2D eigenvalue weighted by atomic mass is 16.2. The van der Waals surface area contributed by atoms with Crippen molar-refractivity contribution in [1.82, 2.24) is 15.2 Å². The molecule has 1 aliphatic heterocycles. The first kappa shape index (κ1) is 15.6. The third kappa shape index (κ3) is 3.38. The van der Waals surface area contributed by atoms with Crippen molar-refractivity contribution in [2.24, 2.45) is 11.7 Å². The zero-order valence-corrected chi connectivity index (χ0v) is 13.0. The quantitative estimate of drug-likeness (QED) is 0.745. The highest BCUT2D eigenvalue weighted by molar-refractivity contribution is 5.81. The van der Waals surface area contributed by atoms with Crippen LogP contribution >= 0.6 is 0 Å². The summed E-state index contributed by atoms with van der Waals surface area (Å²) in [5.41, 5.74) is 7.11. The van der Waals surface area contributed by atoms with Crippen molar-refractivity contribution in [3.05, 3.63) is 33.7 Å². The van der Waals surface area contributed by atoms with E-state index in [2.05, 4.69) is 10.3 Å². The number of primary amides is 1. The molecule has 2 aliphatic rings. The SMILES string of the molecule is NC(=O)N1CCCC(C(=O)NC2CCCc3[nH]c(=O)ccc32)C1. The van der Waals surface area contributed by atoms with E-state index in [0.717, 1.165) is 43.4 Å². The number of hydrogen-bond donors (Lipinski definition) is 3. The van der Waals surface area contributed by atoms with Gasteiger partial charge in [0.05, 0.1) is 12.0 Å². The van der Waals surface area contributed by atoms with E-state index in [9.17, 15) is 14.4 Å². The molecule has 7 heteroatoms. The van der Waals surface area contributed by atoms with Gasteiger partial charge in [0.1, 0.15) is 0 Å². The van der Waals surface area contributed by atoms with Crippen molar-refractivity contribution < 1.29 is 9.59 Å². The molecule has 7 nitrogen and oxygen atoms in total. The van der Waals surface area contributed by atoms with Crippen LogP contribution in [0.15, 0.2) is 16.9 Å². The molecule has 2 heterocycles. The molecular weight excluding hydrogens is 296 g/mol. The van der Waals surface area contributed by atoms with Crippen molar-refractivity contribution in [2.75, 3.05) is 13.1 Å². The molecule has 2 unspecified atom stereocenters. The average molecular weight is 318 g/mol. The second kappa shape index (κ2) is 6.44. The number of nitrogens with two attached hydrogens (primary N) is 1. The minimum absolute atomic E-state index is 0.0417. The van der Waals surface area contributed by atoms with Crippen LogP contribution in [0, 0.1) is 5.92 Å². The lowest BCUT2D eigenvalue weighted by molar-refractivity contribution is -0.127.